The zero-order chi connectivity index (χ0) is 15.1. The van der Waals surface area contributed by atoms with E-state index in [1.165, 1.54) is 12.4 Å². The monoisotopic (exact) mass is 286 g/mol. The second-order valence-electron chi connectivity index (χ2n) is 4.50. The SMILES string of the molecule is COCCN(Cc1ccccc1)C(=O)c1nccnc1N. The van der Waals surface area contributed by atoms with Crippen molar-refractivity contribution in [3.05, 3.63) is 54.0 Å². The van der Waals surface area contributed by atoms with Crippen LogP contribution in [-0.4, -0.2) is 41.0 Å². The van der Waals surface area contributed by atoms with Crippen LogP contribution in [0.5, 0.6) is 0 Å². The van der Waals surface area contributed by atoms with E-state index in [-0.39, 0.29) is 17.4 Å². The standard InChI is InChI=1S/C15H18N4O2/c1-21-10-9-19(11-12-5-3-2-4-6-12)15(20)13-14(16)18-8-7-17-13/h2-8H,9-11H2,1H3,(H2,16,18). The van der Waals surface area contributed by atoms with Crippen molar-refractivity contribution in [1.29, 1.82) is 0 Å². The van der Waals surface area contributed by atoms with E-state index in [0.717, 1.165) is 5.56 Å². The van der Waals surface area contributed by atoms with Crippen molar-refractivity contribution in [2.45, 2.75) is 6.54 Å². The predicted octanol–water partition coefficient (Wildman–Crippen LogP) is 1.35. The molecule has 0 saturated carbocycles. The number of nitrogen functional groups attached to an aromatic ring is 1. The van der Waals surface area contributed by atoms with Crippen molar-refractivity contribution >= 4 is 11.7 Å². The molecule has 21 heavy (non-hydrogen) atoms. The van der Waals surface area contributed by atoms with Crippen molar-refractivity contribution in [1.82, 2.24) is 14.9 Å². The molecule has 0 unspecified atom stereocenters. The highest BCUT2D eigenvalue weighted by Crippen LogP contribution is 2.11. The number of nitrogens with two attached hydrogens (primary N) is 1. The summed E-state index contributed by atoms with van der Waals surface area (Å²) < 4.78 is 5.07. The number of aromatic nitrogens is 2. The maximum Gasteiger partial charge on any atom is 0.276 e. The minimum absolute atomic E-state index is 0.137. The highest BCUT2D eigenvalue weighted by molar-refractivity contribution is 5.96. The highest BCUT2D eigenvalue weighted by atomic mass is 16.5. The molecule has 0 aliphatic carbocycles. The fourth-order valence-electron chi connectivity index (χ4n) is 1.92. The first kappa shape index (κ1) is 14.9. The molecule has 2 rings (SSSR count). The Kier molecular flexibility index (Phi) is 5.22. The summed E-state index contributed by atoms with van der Waals surface area (Å²) in [4.78, 5) is 22.2. The molecule has 0 fully saturated rings. The first-order chi connectivity index (χ1) is 10.2. The number of carbonyl (C=O) groups is 1. The fraction of sp³-hybridized carbons (Fsp3) is 0.267. The number of hydrogen-bond donors (Lipinski definition) is 1. The van der Waals surface area contributed by atoms with Crippen molar-refractivity contribution in [3.63, 3.8) is 0 Å². The van der Waals surface area contributed by atoms with Gasteiger partial charge in [-0.2, -0.15) is 0 Å². The van der Waals surface area contributed by atoms with Gasteiger partial charge >= 0.3 is 0 Å². The summed E-state index contributed by atoms with van der Waals surface area (Å²) in [6.07, 6.45) is 2.92. The van der Waals surface area contributed by atoms with Gasteiger partial charge in [0.1, 0.15) is 0 Å². The van der Waals surface area contributed by atoms with Crippen LogP contribution >= 0.6 is 0 Å². The lowest BCUT2D eigenvalue weighted by Gasteiger charge is -2.22. The number of benzene rings is 1. The topological polar surface area (TPSA) is 81.3 Å². The normalized spacial score (nSPS) is 10.3. The number of anilines is 1. The van der Waals surface area contributed by atoms with Crippen LogP contribution in [0.2, 0.25) is 0 Å². The largest absolute Gasteiger partial charge is 0.383 e. The molecule has 0 aliphatic heterocycles. The molecule has 0 aliphatic rings. The third-order valence-electron chi connectivity index (χ3n) is 3.00. The number of rotatable bonds is 6. The molecule has 1 aromatic heterocycles. The number of methoxy groups -OCH3 is 1. The first-order valence-electron chi connectivity index (χ1n) is 6.61. The molecule has 1 aromatic carbocycles. The van der Waals surface area contributed by atoms with E-state index in [1.54, 1.807) is 12.0 Å². The molecule has 1 amide bonds. The summed E-state index contributed by atoms with van der Waals surface area (Å²) in [6.45, 7) is 1.37. The van der Waals surface area contributed by atoms with Gasteiger partial charge in [0.2, 0.25) is 0 Å². The molecule has 110 valence electrons. The van der Waals surface area contributed by atoms with Crippen molar-refractivity contribution in [2.24, 2.45) is 0 Å². The van der Waals surface area contributed by atoms with Crippen LogP contribution in [0.25, 0.3) is 0 Å². The number of ether oxygens (including phenoxy) is 1. The van der Waals surface area contributed by atoms with Crippen LogP contribution in [0.1, 0.15) is 16.1 Å². The van der Waals surface area contributed by atoms with Gasteiger partial charge in [-0.15, -0.1) is 0 Å². The van der Waals surface area contributed by atoms with E-state index < -0.39 is 0 Å². The minimum atomic E-state index is -0.249. The molecule has 1 heterocycles. The maximum absolute atomic E-state index is 12.6. The molecular weight excluding hydrogens is 268 g/mol. The molecule has 0 radical (unpaired) electrons. The van der Waals surface area contributed by atoms with Gasteiger partial charge in [0, 0.05) is 32.6 Å². The van der Waals surface area contributed by atoms with Crippen molar-refractivity contribution in [3.8, 4) is 0 Å². The van der Waals surface area contributed by atoms with Gasteiger partial charge in [-0.1, -0.05) is 30.3 Å². The van der Waals surface area contributed by atoms with Gasteiger partial charge in [-0.3, -0.25) is 4.79 Å². The Bertz CT molecular complexity index is 589. The van der Waals surface area contributed by atoms with Gasteiger partial charge in [0.25, 0.3) is 5.91 Å². The van der Waals surface area contributed by atoms with Gasteiger partial charge in [0.15, 0.2) is 11.5 Å². The van der Waals surface area contributed by atoms with Crippen LogP contribution < -0.4 is 5.73 Å². The minimum Gasteiger partial charge on any atom is -0.383 e. The average molecular weight is 286 g/mol. The maximum atomic E-state index is 12.6. The Balaban J connectivity index is 2.19. The van der Waals surface area contributed by atoms with E-state index in [9.17, 15) is 4.79 Å². The predicted molar refractivity (Wildman–Crippen MR) is 79.5 cm³/mol. The number of hydrogen-bond acceptors (Lipinski definition) is 5. The van der Waals surface area contributed by atoms with Crippen LogP contribution in [0.3, 0.4) is 0 Å². The number of amides is 1. The zero-order valence-corrected chi connectivity index (χ0v) is 11.9. The molecular formula is C15H18N4O2. The Morgan fingerprint density at radius 2 is 1.95 bits per heavy atom. The summed E-state index contributed by atoms with van der Waals surface area (Å²) in [5.74, 6) is -0.112. The lowest BCUT2D eigenvalue weighted by Crippen LogP contribution is -2.34. The van der Waals surface area contributed by atoms with Gasteiger partial charge in [-0.05, 0) is 5.56 Å². The van der Waals surface area contributed by atoms with E-state index in [2.05, 4.69) is 9.97 Å². The lowest BCUT2D eigenvalue weighted by atomic mass is 10.2. The Morgan fingerprint density at radius 1 is 1.24 bits per heavy atom. The van der Waals surface area contributed by atoms with E-state index in [0.29, 0.717) is 19.7 Å². The average Bonchev–Trinajstić information content (AvgIpc) is 2.52. The van der Waals surface area contributed by atoms with E-state index in [4.69, 9.17) is 10.5 Å². The van der Waals surface area contributed by atoms with Crippen molar-refractivity contribution < 1.29 is 9.53 Å². The Hall–Kier alpha value is -2.47. The highest BCUT2D eigenvalue weighted by Gasteiger charge is 2.20. The first-order valence-corrected chi connectivity index (χ1v) is 6.61. The molecule has 6 nitrogen and oxygen atoms in total. The van der Waals surface area contributed by atoms with Crippen LogP contribution in [-0.2, 0) is 11.3 Å². The molecule has 0 atom stereocenters. The number of carbonyl (C=O) groups excluding carboxylic acids is 1. The van der Waals surface area contributed by atoms with Crippen molar-refractivity contribution in [2.75, 3.05) is 26.0 Å². The lowest BCUT2D eigenvalue weighted by molar-refractivity contribution is 0.0675. The quantitative estimate of drug-likeness (QED) is 0.866. The number of nitrogens with zero attached hydrogens (tertiary/aromatic N) is 3. The molecule has 0 saturated heterocycles. The molecule has 2 N–H and O–H groups in total. The van der Waals surface area contributed by atoms with E-state index in [1.807, 2.05) is 30.3 Å². The summed E-state index contributed by atoms with van der Waals surface area (Å²) >= 11 is 0. The molecule has 0 bridgehead atoms. The zero-order valence-electron chi connectivity index (χ0n) is 11.9. The summed E-state index contributed by atoms with van der Waals surface area (Å²) in [5, 5.41) is 0. The molecule has 2 aromatic rings. The second kappa shape index (κ2) is 7.35. The smallest absolute Gasteiger partial charge is 0.276 e. The van der Waals surface area contributed by atoms with Gasteiger partial charge < -0.3 is 15.4 Å². The fourth-order valence-corrected chi connectivity index (χ4v) is 1.92. The van der Waals surface area contributed by atoms with E-state index >= 15 is 0 Å². The molecule has 0 spiro atoms. The Labute approximate surface area is 123 Å². The summed E-state index contributed by atoms with van der Waals surface area (Å²) in [7, 11) is 1.60. The Morgan fingerprint density at radius 3 is 2.62 bits per heavy atom. The van der Waals surface area contributed by atoms with Crippen LogP contribution in [0.4, 0.5) is 5.82 Å². The third kappa shape index (κ3) is 4.00. The van der Waals surface area contributed by atoms with Gasteiger partial charge in [-0.25, -0.2) is 9.97 Å². The third-order valence-corrected chi connectivity index (χ3v) is 3.00. The van der Waals surface area contributed by atoms with Crippen LogP contribution in [0, 0.1) is 0 Å². The summed E-state index contributed by atoms with van der Waals surface area (Å²) in [6, 6.07) is 9.74. The van der Waals surface area contributed by atoms with Crippen LogP contribution in [0.15, 0.2) is 42.7 Å². The second-order valence-corrected chi connectivity index (χ2v) is 4.50. The molecule has 6 heteroatoms. The van der Waals surface area contributed by atoms with Gasteiger partial charge in [0.05, 0.1) is 6.61 Å². The summed E-state index contributed by atoms with van der Waals surface area (Å²) in [5.41, 5.74) is 6.93.